The quantitative estimate of drug-likeness (QED) is 0.769. The predicted molar refractivity (Wildman–Crippen MR) is 69.4 cm³/mol. The molecule has 0 aromatic heterocycles. The molecule has 1 aromatic carbocycles. The van der Waals surface area contributed by atoms with Crippen molar-refractivity contribution in [2.24, 2.45) is 0 Å². The summed E-state index contributed by atoms with van der Waals surface area (Å²) in [5.74, 6) is 0.508. The summed E-state index contributed by atoms with van der Waals surface area (Å²) in [6.07, 6.45) is 1.02. The van der Waals surface area contributed by atoms with Gasteiger partial charge in [-0.3, -0.25) is 0 Å². The molecule has 0 heterocycles. The molecule has 0 spiro atoms. The van der Waals surface area contributed by atoms with Crippen LogP contribution in [0.15, 0.2) is 12.1 Å². The molecule has 0 aliphatic carbocycles. The second kappa shape index (κ2) is 4.39. The molecule has 0 unspecified atom stereocenters. The Bertz CT molecular complexity index is 350. The van der Waals surface area contributed by atoms with Gasteiger partial charge >= 0.3 is 0 Å². The molecule has 0 bridgehead atoms. The van der Waals surface area contributed by atoms with Crippen LogP contribution in [0, 0.1) is 13.8 Å². The highest BCUT2D eigenvalue weighted by Gasteiger charge is 2.14. The number of hydrogen-bond donors (Lipinski definition) is 1. The molecule has 84 valence electrons. The lowest BCUT2D eigenvalue weighted by Gasteiger charge is -2.16. The lowest BCUT2D eigenvalue weighted by Crippen LogP contribution is -2.19. The van der Waals surface area contributed by atoms with E-state index >= 15 is 0 Å². The zero-order valence-corrected chi connectivity index (χ0v) is 11.5. The summed E-state index contributed by atoms with van der Waals surface area (Å²) >= 11 is 0. The molecular formula is C13H22OSi. The number of benzene rings is 1. The van der Waals surface area contributed by atoms with Gasteiger partial charge in [0.05, 0.1) is 0 Å². The Morgan fingerprint density at radius 2 is 1.73 bits per heavy atom. The van der Waals surface area contributed by atoms with E-state index in [4.69, 9.17) is 0 Å². The van der Waals surface area contributed by atoms with E-state index in [2.05, 4.69) is 31.8 Å². The molecule has 0 radical (unpaired) electrons. The van der Waals surface area contributed by atoms with Gasteiger partial charge in [0.2, 0.25) is 0 Å². The predicted octanol–water partition coefficient (Wildman–Crippen LogP) is 3.89. The first-order chi connectivity index (χ1) is 6.81. The van der Waals surface area contributed by atoms with Gasteiger partial charge in [-0.15, -0.1) is 0 Å². The number of hydrogen-bond acceptors (Lipinski definition) is 1. The Morgan fingerprint density at radius 1 is 1.13 bits per heavy atom. The van der Waals surface area contributed by atoms with Crippen LogP contribution in [0.2, 0.25) is 25.7 Å². The van der Waals surface area contributed by atoms with Gasteiger partial charge in [0.15, 0.2) is 0 Å². The van der Waals surface area contributed by atoms with Gasteiger partial charge in [0.1, 0.15) is 5.75 Å². The summed E-state index contributed by atoms with van der Waals surface area (Å²) in [6.45, 7) is 11.1. The van der Waals surface area contributed by atoms with Crippen molar-refractivity contribution in [1.29, 1.82) is 0 Å². The van der Waals surface area contributed by atoms with Crippen LogP contribution in [0.1, 0.15) is 16.7 Å². The molecule has 15 heavy (non-hydrogen) atoms. The maximum absolute atomic E-state index is 9.99. The smallest absolute Gasteiger partial charge is 0.121 e. The number of phenols is 1. The Balaban J connectivity index is 2.83. The van der Waals surface area contributed by atoms with E-state index < -0.39 is 8.07 Å². The zero-order chi connectivity index (χ0) is 11.6. The fourth-order valence-electron chi connectivity index (χ4n) is 1.57. The van der Waals surface area contributed by atoms with Crippen molar-refractivity contribution >= 4 is 8.07 Å². The first kappa shape index (κ1) is 12.3. The van der Waals surface area contributed by atoms with Crippen molar-refractivity contribution < 1.29 is 5.11 Å². The third-order valence-corrected chi connectivity index (χ3v) is 4.68. The molecule has 0 saturated carbocycles. The molecule has 0 aliphatic heterocycles. The lowest BCUT2D eigenvalue weighted by atomic mass is 10.0. The van der Waals surface area contributed by atoms with Crippen LogP contribution in [0.4, 0.5) is 0 Å². The fraction of sp³-hybridized carbons (Fsp3) is 0.538. The molecular weight excluding hydrogens is 200 g/mol. The molecule has 0 amide bonds. The molecule has 2 heteroatoms. The summed E-state index contributed by atoms with van der Waals surface area (Å²) in [4.78, 5) is 0. The highest BCUT2D eigenvalue weighted by atomic mass is 28.3. The van der Waals surface area contributed by atoms with Crippen LogP contribution >= 0.6 is 0 Å². The van der Waals surface area contributed by atoms with Crippen molar-refractivity contribution in [3.05, 3.63) is 28.8 Å². The molecule has 0 atom stereocenters. The van der Waals surface area contributed by atoms with Crippen molar-refractivity contribution in [3.8, 4) is 5.75 Å². The second-order valence-corrected chi connectivity index (χ2v) is 11.2. The zero-order valence-electron chi connectivity index (χ0n) is 10.5. The topological polar surface area (TPSA) is 20.2 Å². The molecule has 1 N–H and O–H groups in total. The molecule has 1 nitrogen and oxygen atoms in total. The SMILES string of the molecule is Cc1ccc(CC[Si](C)(C)C)c(O)c1C. The number of aryl methyl sites for hydroxylation is 2. The van der Waals surface area contributed by atoms with Gasteiger partial charge in [-0.2, -0.15) is 0 Å². The van der Waals surface area contributed by atoms with E-state index in [1.54, 1.807) is 0 Å². The maximum atomic E-state index is 9.99. The average molecular weight is 222 g/mol. The minimum atomic E-state index is -1.01. The maximum Gasteiger partial charge on any atom is 0.121 e. The van der Waals surface area contributed by atoms with E-state index in [0.29, 0.717) is 5.75 Å². The van der Waals surface area contributed by atoms with Gasteiger partial charge in [0, 0.05) is 8.07 Å². The van der Waals surface area contributed by atoms with Crippen LogP contribution in [0.5, 0.6) is 5.75 Å². The average Bonchev–Trinajstić information content (AvgIpc) is 2.12. The first-order valence-electron chi connectivity index (χ1n) is 5.59. The Kier molecular flexibility index (Phi) is 3.61. The highest BCUT2D eigenvalue weighted by molar-refractivity contribution is 6.76. The van der Waals surface area contributed by atoms with E-state index in [1.807, 2.05) is 13.8 Å². The van der Waals surface area contributed by atoms with Gasteiger partial charge in [-0.05, 0) is 37.0 Å². The van der Waals surface area contributed by atoms with Gasteiger partial charge in [0.25, 0.3) is 0 Å². The van der Waals surface area contributed by atoms with Gasteiger partial charge in [-0.25, -0.2) is 0 Å². The van der Waals surface area contributed by atoms with Crippen molar-refractivity contribution in [2.75, 3.05) is 0 Å². The third-order valence-electron chi connectivity index (χ3n) is 2.93. The molecule has 0 saturated heterocycles. The summed E-state index contributed by atoms with van der Waals surface area (Å²) in [6, 6.07) is 5.41. The van der Waals surface area contributed by atoms with Crippen LogP contribution in [0.25, 0.3) is 0 Å². The highest BCUT2D eigenvalue weighted by Crippen LogP contribution is 2.27. The number of aromatic hydroxyl groups is 1. The summed E-state index contributed by atoms with van der Waals surface area (Å²) in [5.41, 5.74) is 3.31. The largest absolute Gasteiger partial charge is 0.507 e. The summed E-state index contributed by atoms with van der Waals surface area (Å²) in [7, 11) is -1.01. The van der Waals surface area contributed by atoms with Gasteiger partial charge < -0.3 is 5.11 Å². The fourth-order valence-corrected chi connectivity index (χ4v) is 2.59. The normalized spacial score (nSPS) is 11.8. The van der Waals surface area contributed by atoms with Crippen LogP contribution in [-0.2, 0) is 6.42 Å². The Labute approximate surface area is 94.2 Å². The van der Waals surface area contributed by atoms with Crippen LogP contribution in [-0.4, -0.2) is 13.2 Å². The third kappa shape index (κ3) is 3.38. The molecule has 0 aliphatic rings. The molecule has 1 aromatic rings. The Morgan fingerprint density at radius 3 is 2.27 bits per heavy atom. The number of phenolic OH excluding ortho intramolecular Hbond substituents is 1. The second-order valence-electron chi connectivity index (χ2n) is 5.58. The Hall–Kier alpha value is -0.763. The minimum Gasteiger partial charge on any atom is -0.507 e. The first-order valence-corrected chi connectivity index (χ1v) is 9.30. The van der Waals surface area contributed by atoms with Crippen molar-refractivity contribution in [3.63, 3.8) is 0 Å². The molecule has 1 rings (SSSR count). The lowest BCUT2D eigenvalue weighted by molar-refractivity contribution is 0.464. The summed E-state index contributed by atoms with van der Waals surface area (Å²) in [5, 5.41) is 9.99. The monoisotopic (exact) mass is 222 g/mol. The standard InChI is InChI=1S/C13H22OSi/c1-10-6-7-12(13(14)11(10)2)8-9-15(3,4)5/h6-7,14H,8-9H2,1-5H3. The summed E-state index contributed by atoms with van der Waals surface area (Å²) < 4.78 is 0. The van der Waals surface area contributed by atoms with E-state index in [1.165, 1.54) is 11.6 Å². The van der Waals surface area contributed by atoms with Crippen molar-refractivity contribution in [1.82, 2.24) is 0 Å². The minimum absolute atomic E-state index is 0.508. The van der Waals surface area contributed by atoms with Gasteiger partial charge in [-0.1, -0.05) is 37.8 Å². The van der Waals surface area contributed by atoms with Crippen LogP contribution in [0.3, 0.4) is 0 Å². The van der Waals surface area contributed by atoms with Crippen LogP contribution < -0.4 is 0 Å². The van der Waals surface area contributed by atoms with Crippen molar-refractivity contribution in [2.45, 2.75) is 46.0 Å². The van der Waals surface area contributed by atoms with E-state index in [9.17, 15) is 5.11 Å². The van der Waals surface area contributed by atoms with E-state index in [-0.39, 0.29) is 0 Å². The van der Waals surface area contributed by atoms with E-state index in [0.717, 1.165) is 17.5 Å². The number of rotatable bonds is 3. The molecule has 0 fully saturated rings.